The van der Waals surface area contributed by atoms with E-state index in [-0.39, 0.29) is 0 Å². The molecule has 5 nitrogen and oxygen atoms in total. The fraction of sp³-hybridized carbons (Fsp3) is 0.650. The van der Waals surface area contributed by atoms with Gasteiger partial charge in [0.2, 0.25) is 5.91 Å². The topological polar surface area (TPSA) is 30.0 Å². The molecule has 0 aromatic heterocycles. The molecule has 0 atom stereocenters. The molecule has 0 unspecified atom stereocenters. The van der Waals surface area contributed by atoms with Crippen LogP contribution in [0.1, 0.15) is 19.3 Å². The second kappa shape index (κ2) is 8.15. The number of halogens is 1. The molecule has 26 heavy (non-hydrogen) atoms. The van der Waals surface area contributed by atoms with Gasteiger partial charge >= 0.3 is 0 Å². The summed E-state index contributed by atoms with van der Waals surface area (Å²) >= 11 is 6.10. The van der Waals surface area contributed by atoms with E-state index in [4.69, 9.17) is 11.6 Å². The highest BCUT2D eigenvalue weighted by Crippen LogP contribution is 2.25. The molecule has 4 rings (SSSR count). The van der Waals surface area contributed by atoms with E-state index < -0.39 is 0 Å². The summed E-state index contributed by atoms with van der Waals surface area (Å²) in [5.74, 6) is 0.300. The normalized spacial score (nSPS) is 23.1. The molecule has 1 amide bonds. The predicted molar refractivity (Wildman–Crippen MR) is 106 cm³/mol. The van der Waals surface area contributed by atoms with Crippen LogP contribution < -0.4 is 4.90 Å². The van der Waals surface area contributed by atoms with E-state index in [9.17, 15) is 4.79 Å². The Morgan fingerprint density at radius 1 is 1.00 bits per heavy atom. The first-order chi connectivity index (χ1) is 12.7. The highest BCUT2D eigenvalue weighted by Gasteiger charge is 2.30. The molecule has 3 aliphatic rings. The molecule has 1 aliphatic carbocycles. The average Bonchev–Trinajstić information content (AvgIpc) is 2.61. The molecule has 0 radical (unpaired) electrons. The lowest BCUT2D eigenvalue weighted by Crippen LogP contribution is -2.56. The summed E-state index contributed by atoms with van der Waals surface area (Å²) in [6.45, 7) is 8.23. The molecule has 6 heteroatoms. The van der Waals surface area contributed by atoms with E-state index in [1.807, 2.05) is 18.2 Å². The molecular formula is C20H29ClN4O. The van der Waals surface area contributed by atoms with Crippen molar-refractivity contribution in [2.75, 3.05) is 63.8 Å². The average molecular weight is 377 g/mol. The molecule has 2 aliphatic heterocycles. The van der Waals surface area contributed by atoms with Crippen molar-refractivity contribution in [2.45, 2.75) is 25.3 Å². The van der Waals surface area contributed by atoms with Crippen molar-refractivity contribution in [3.8, 4) is 0 Å². The Kier molecular flexibility index (Phi) is 5.67. The van der Waals surface area contributed by atoms with Crippen LogP contribution in [0.5, 0.6) is 0 Å². The van der Waals surface area contributed by atoms with Gasteiger partial charge in [-0.25, -0.2) is 0 Å². The summed E-state index contributed by atoms with van der Waals surface area (Å²) in [5.41, 5.74) is 1.18. The van der Waals surface area contributed by atoms with Gasteiger partial charge in [-0.15, -0.1) is 0 Å². The summed E-state index contributed by atoms with van der Waals surface area (Å²) in [4.78, 5) is 22.0. The largest absolute Gasteiger partial charge is 0.369 e. The fourth-order valence-corrected chi connectivity index (χ4v) is 4.40. The van der Waals surface area contributed by atoms with Crippen LogP contribution in [-0.2, 0) is 4.79 Å². The van der Waals surface area contributed by atoms with Gasteiger partial charge < -0.3 is 9.80 Å². The number of hydrogen-bond acceptors (Lipinski definition) is 4. The second-order valence-electron chi connectivity index (χ2n) is 7.74. The number of piperazine rings is 2. The molecule has 2 heterocycles. The summed E-state index contributed by atoms with van der Waals surface area (Å²) in [6.07, 6.45) is 4.08. The Bertz CT molecular complexity index is 620. The van der Waals surface area contributed by atoms with Crippen molar-refractivity contribution in [1.29, 1.82) is 0 Å². The van der Waals surface area contributed by atoms with Gasteiger partial charge in [0.1, 0.15) is 0 Å². The van der Waals surface area contributed by atoms with Crippen molar-refractivity contribution in [1.82, 2.24) is 14.7 Å². The van der Waals surface area contributed by atoms with Crippen LogP contribution in [0.25, 0.3) is 0 Å². The number of rotatable bonds is 4. The highest BCUT2D eigenvalue weighted by atomic mass is 35.5. The zero-order valence-electron chi connectivity index (χ0n) is 15.4. The number of nitrogens with zero attached hydrogens (tertiary/aromatic N) is 4. The third kappa shape index (κ3) is 4.16. The number of benzene rings is 1. The summed E-state index contributed by atoms with van der Waals surface area (Å²) in [5, 5.41) is 0.779. The quantitative estimate of drug-likeness (QED) is 0.805. The molecule has 0 bridgehead atoms. The first-order valence-corrected chi connectivity index (χ1v) is 10.3. The van der Waals surface area contributed by atoms with Crippen molar-refractivity contribution >= 4 is 23.2 Å². The lowest BCUT2D eigenvalue weighted by molar-refractivity contribution is -0.134. The molecule has 3 fully saturated rings. The molecule has 1 saturated carbocycles. The number of carbonyl (C=O) groups is 1. The van der Waals surface area contributed by atoms with Crippen LogP contribution in [0, 0.1) is 0 Å². The Morgan fingerprint density at radius 3 is 2.35 bits per heavy atom. The second-order valence-corrected chi connectivity index (χ2v) is 8.18. The van der Waals surface area contributed by atoms with Gasteiger partial charge in [-0.3, -0.25) is 14.6 Å². The minimum absolute atomic E-state index is 0.300. The standard InChI is InChI=1S/C20H29ClN4O/c21-17-3-1-6-19(15-17)24-9-7-22(8-10-24)16-20(26)25-13-11-23(12-14-25)18-4-2-5-18/h1,3,6,15,18H,2,4-5,7-14,16H2. The van der Waals surface area contributed by atoms with Gasteiger partial charge in [-0.2, -0.15) is 0 Å². The van der Waals surface area contributed by atoms with Gasteiger partial charge in [0.25, 0.3) is 0 Å². The van der Waals surface area contributed by atoms with Crippen LogP contribution >= 0.6 is 11.6 Å². The van der Waals surface area contributed by atoms with Gasteiger partial charge in [-0.05, 0) is 31.0 Å². The molecule has 0 spiro atoms. The smallest absolute Gasteiger partial charge is 0.236 e. The lowest BCUT2D eigenvalue weighted by atomic mass is 9.91. The van der Waals surface area contributed by atoms with Crippen LogP contribution in [-0.4, -0.2) is 85.6 Å². The number of carbonyl (C=O) groups excluding carboxylic acids is 1. The van der Waals surface area contributed by atoms with E-state index in [1.165, 1.54) is 24.9 Å². The van der Waals surface area contributed by atoms with E-state index in [2.05, 4.69) is 25.7 Å². The third-order valence-electron chi connectivity index (χ3n) is 6.16. The lowest BCUT2D eigenvalue weighted by Gasteiger charge is -2.43. The van der Waals surface area contributed by atoms with E-state index >= 15 is 0 Å². The van der Waals surface area contributed by atoms with E-state index in [1.54, 1.807) is 0 Å². The Morgan fingerprint density at radius 2 is 1.73 bits per heavy atom. The summed E-state index contributed by atoms with van der Waals surface area (Å²) in [6, 6.07) is 8.83. The van der Waals surface area contributed by atoms with Gasteiger partial charge in [0, 0.05) is 69.1 Å². The van der Waals surface area contributed by atoms with Gasteiger partial charge in [-0.1, -0.05) is 24.1 Å². The van der Waals surface area contributed by atoms with E-state index in [0.29, 0.717) is 12.5 Å². The van der Waals surface area contributed by atoms with Crippen molar-refractivity contribution < 1.29 is 4.79 Å². The maximum Gasteiger partial charge on any atom is 0.236 e. The van der Waals surface area contributed by atoms with Crippen LogP contribution in [0.15, 0.2) is 24.3 Å². The number of anilines is 1. The van der Waals surface area contributed by atoms with E-state index in [0.717, 1.165) is 63.4 Å². The highest BCUT2D eigenvalue weighted by molar-refractivity contribution is 6.30. The number of amides is 1. The van der Waals surface area contributed by atoms with Gasteiger partial charge in [0.15, 0.2) is 0 Å². The SMILES string of the molecule is O=C(CN1CCN(c2cccc(Cl)c2)CC1)N1CCN(C2CCC2)CC1. The third-order valence-corrected chi connectivity index (χ3v) is 6.40. The molecule has 1 aromatic carbocycles. The van der Waals surface area contributed by atoms with Gasteiger partial charge in [0.05, 0.1) is 6.54 Å². The maximum atomic E-state index is 12.7. The van der Waals surface area contributed by atoms with Crippen molar-refractivity contribution in [3.05, 3.63) is 29.3 Å². The zero-order chi connectivity index (χ0) is 17.9. The molecule has 142 valence electrons. The van der Waals surface area contributed by atoms with Crippen molar-refractivity contribution in [2.24, 2.45) is 0 Å². The first kappa shape index (κ1) is 18.1. The Labute approximate surface area is 161 Å². The minimum atomic E-state index is 0.300. The molecule has 1 aromatic rings. The van der Waals surface area contributed by atoms with Crippen LogP contribution in [0.3, 0.4) is 0 Å². The summed E-state index contributed by atoms with van der Waals surface area (Å²) < 4.78 is 0. The summed E-state index contributed by atoms with van der Waals surface area (Å²) in [7, 11) is 0. The number of hydrogen-bond donors (Lipinski definition) is 0. The predicted octanol–water partition coefficient (Wildman–Crippen LogP) is 2.16. The maximum absolute atomic E-state index is 12.7. The Hall–Kier alpha value is -1.30. The minimum Gasteiger partial charge on any atom is -0.369 e. The first-order valence-electron chi connectivity index (χ1n) is 9.94. The fourth-order valence-electron chi connectivity index (χ4n) is 4.22. The van der Waals surface area contributed by atoms with Crippen molar-refractivity contribution in [3.63, 3.8) is 0 Å². The molecule has 0 N–H and O–H groups in total. The molecular weight excluding hydrogens is 348 g/mol. The Balaban J connectivity index is 1.21. The monoisotopic (exact) mass is 376 g/mol. The van der Waals surface area contributed by atoms with Crippen LogP contribution in [0.2, 0.25) is 5.02 Å². The molecule has 2 saturated heterocycles. The van der Waals surface area contributed by atoms with Crippen LogP contribution in [0.4, 0.5) is 5.69 Å². The zero-order valence-corrected chi connectivity index (χ0v) is 16.2.